The standard InChI is InChI=1S/C32H57NO5S/c1-3-5-7-9-11-13-14-15-16-17-18-20-22-24-26-28-32(35)33-30(29-39(36,37)38)31(34)27-25-23-21-19-12-10-8-6-4-2/h4,6,12,15-16,19,25,27,30-31,34H,3,5,7-11,13-14,17-18,20-24,26,28-29H2,1-2H3,(H,33,35)(H,36,37,38)/b6-4+,16-15-,19-12+,27-25+. The number of hydrogen-bond acceptors (Lipinski definition) is 4. The summed E-state index contributed by atoms with van der Waals surface area (Å²) in [7, 11) is -4.35. The Balaban J connectivity index is 4.11. The molecule has 0 rings (SSSR count). The molecule has 0 aliphatic carbocycles. The van der Waals surface area contributed by atoms with Gasteiger partial charge in [-0.2, -0.15) is 8.42 Å². The number of unbranched alkanes of at least 4 members (excludes halogenated alkanes) is 13. The highest BCUT2D eigenvalue weighted by Crippen LogP contribution is 2.11. The van der Waals surface area contributed by atoms with Crippen molar-refractivity contribution in [3.05, 3.63) is 48.6 Å². The van der Waals surface area contributed by atoms with Crippen LogP contribution in [-0.2, 0) is 14.9 Å². The van der Waals surface area contributed by atoms with Crippen molar-refractivity contribution < 1.29 is 22.9 Å². The van der Waals surface area contributed by atoms with Crippen molar-refractivity contribution in [3.63, 3.8) is 0 Å². The molecule has 0 aromatic carbocycles. The van der Waals surface area contributed by atoms with Crippen LogP contribution in [-0.4, -0.2) is 41.9 Å². The highest BCUT2D eigenvalue weighted by molar-refractivity contribution is 7.85. The molecule has 0 spiro atoms. The molecular weight excluding hydrogens is 510 g/mol. The molecule has 0 heterocycles. The van der Waals surface area contributed by atoms with Crippen molar-refractivity contribution in [2.75, 3.05) is 5.75 Å². The number of carbonyl (C=O) groups is 1. The van der Waals surface area contributed by atoms with Crippen LogP contribution in [0.4, 0.5) is 0 Å². The van der Waals surface area contributed by atoms with E-state index in [9.17, 15) is 22.9 Å². The molecule has 226 valence electrons. The van der Waals surface area contributed by atoms with E-state index in [4.69, 9.17) is 0 Å². The Morgan fingerprint density at radius 2 is 1.21 bits per heavy atom. The molecule has 0 fully saturated rings. The van der Waals surface area contributed by atoms with Gasteiger partial charge in [-0.3, -0.25) is 9.35 Å². The summed E-state index contributed by atoms with van der Waals surface area (Å²) >= 11 is 0. The van der Waals surface area contributed by atoms with Gasteiger partial charge in [0.1, 0.15) is 0 Å². The third-order valence-corrected chi connectivity index (χ3v) is 7.33. The van der Waals surface area contributed by atoms with Crippen LogP contribution >= 0.6 is 0 Å². The Bertz CT molecular complexity index is 801. The van der Waals surface area contributed by atoms with E-state index in [2.05, 4.69) is 42.6 Å². The lowest BCUT2D eigenvalue weighted by molar-refractivity contribution is -0.122. The van der Waals surface area contributed by atoms with E-state index in [0.717, 1.165) is 51.4 Å². The number of aliphatic hydroxyl groups is 1. The second-order valence-electron chi connectivity index (χ2n) is 10.4. The van der Waals surface area contributed by atoms with E-state index in [1.807, 2.05) is 13.0 Å². The Kier molecular flexibility index (Phi) is 25.4. The summed E-state index contributed by atoms with van der Waals surface area (Å²) < 4.78 is 32.1. The first-order chi connectivity index (χ1) is 18.8. The van der Waals surface area contributed by atoms with Gasteiger partial charge in [-0.1, -0.05) is 107 Å². The van der Waals surface area contributed by atoms with Crippen LogP contribution in [0.25, 0.3) is 0 Å². The van der Waals surface area contributed by atoms with E-state index in [1.165, 1.54) is 51.0 Å². The summed E-state index contributed by atoms with van der Waals surface area (Å²) in [4.78, 5) is 12.4. The zero-order chi connectivity index (χ0) is 29.0. The van der Waals surface area contributed by atoms with Crippen molar-refractivity contribution in [1.82, 2.24) is 5.32 Å². The molecular formula is C32H57NO5S. The second-order valence-corrected chi connectivity index (χ2v) is 11.9. The number of rotatable bonds is 26. The highest BCUT2D eigenvalue weighted by atomic mass is 32.2. The molecule has 0 saturated heterocycles. The summed E-state index contributed by atoms with van der Waals surface area (Å²) in [6.45, 7) is 4.24. The number of carbonyl (C=O) groups excluding carboxylic acids is 1. The van der Waals surface area contributed by atoms with E-state index >= 15 is 0 Å². The molecule has 2 unspecified atom stereocenters. The van der Waals surface area contributed by atoms with Gasteiger partial charge >= 0.3 is 0 Å². The van der Waals surface area contributed by atoms with Crippen molar-refractivity contribution in [3.8, 4) is 0 Å². The average molecular weight is 568 g/mol. The minimum atomic E-state index is -4.35. The molecule has 0 saturated carbocycles. The van der Waals surface area contributed by atoms with Crippen LogP contribution < -0.4 is 5.32 Å². The molecule has 7 heteroatoms. The maximum absolute atomic E-state index is 12.4. The first-order valence-corrected chi connectivity index (χ1v) is 16.9. The van der Waals surface area contributed by atoms with Crippen LogP contribution in [0.1, 0.15) is 129 Å². The number of allylic oxidation sites excluding steroid dienone is 7. The van der Waals surface area contributed by atoms with Crippen molar-refractivity contribution >= 4 is 16.0 Å². The molecule has 0 aliphatic rings. The molecule has 0 radical (unpaired) electrons. The fourth-order valence-corrected chi connectivity index (χ4v) is 4.98. The zero-order valence-corrected chi connectivity index (χ0v) is 25.6. The van der Waals surface area contributed by atoms with Crippen LogP contribution in [0.5, 0.6) is 0 Å². The van der Waals surface area contributed by atoms with Gasteiger partial charge < -0.3 is 10.4 Å². The van der Waals surface area contributed by atoms with E-state index in [-0.39, 0.29) is 12.3 Å². The number of aliphatic hydroxyl groups excluding tert-OH is 1. The maximum atomic E-state index is 12.4. The summed E-state index contributed by atoms with van der Waals surface area (Å²) in [5, 5.41) is 13.0. The summed E-state index contributed by atoms with van der Waals surface area (Å²) in [5.41, 5.74) is 0. The zero-order valence-electron chi connectivity index (χ0n) is 24.7. The van der Waals surface area contributed by atoms with Gasteiger partial charge in [0.25, 0.3) is 10.1 Å². The van der Waals surface area contributed by atoms with Gasteiger partial charge in [0, 0.05) is 6.42 Å². The summed E-state index contributed by atoms with van der Waals surface area (Å²) in [6.07, 6.45) is 34.0. The highest BCUT2D eigenvalue weighted by Gasteiger charge is 2.24. The Morgan fingerprint density at radius 1 is 0.718 bits per heavy atom. The fraction of sp³-hybridized carbons (Fsp3) is 0.719. The summed E-state index contributed by atoms with van der Waals surface area (Å²) in [6, 6.07) is -1.08. The number of hydrogen-bond donors (Lipinski definition) is 3. The van der Waals surface area contributed by atoms with E-state index in [1.54, 1.807) is 6.08 Å². The largest absolute Gasteiger partial charge is 0.387 e. The lowest BCUT2D eigenvalue weighted by Gasteiger charge is -2.21. The van der Waals surface area contributed by atoms with Crippen LogP contribution in [0, 0.1) is 0 Å². The SMILES string of the molecule is C/C=C/CC/C=C/CC/C=C/C(O)C(CS(=O)(=O)O)NC(=O)CCCCCCC/C=C\CCCCCCCC. The molecule has 6 nitrogen and oxygen atoms in total. The predicted octanol–water partition coefficient (Wildman–Crippen LogP) is 8.01. The van der Waals surface area contributed by atoms with Crippen molar-refractivity contribution in [1.29, 1.82) is 0 Å². The van der Waals surface area contributed by atoms with Gasteiger partial charge in [0.15, 0.2) is 0 Å². The number of amides is 1. The maximum Gasteiger partial charge on any atom is 0.267 e. The number of nitrogens with one attached hydrogen (secondary N) is 1. The van der Waals surface area contributed by atoms with Gasteiger partial charge in [-0.05, 0) is 64.7 Å². The van der Waals surface area contributed by atoms with E-state index in [0.29, 0.717) is 12.8 Å². The van der Waals surface area contributed by atoms with Crippen molar-refractivity contribution in [2.45, 2.75) is 142 Å². The predicted molar refractivity (Wildman–Crippen MR) is 165 cm³/mol. The summed E-state index contributed by atoms with van der Waals surface area (Å²) in [5.74, 6) is -1.03. The lowest BCUT2D eigenvalue weighted by Crippen LogP contribution is -2.46. The van der Waals surface area contributed by atoms with Gasteiger partial charge in [-0.25, -0.2) is 0 Å². The fourth-order valence-electron chi connectivity index (χ4n) is 4.24. The minimum absolute atomic E-state index is 0.272. The van der Waals surface area contributed by atoms with Crippen molar-refractivity contribution in [2.24, 2.45) is 0 Å². The molecule has 0 aliphatic heterocycles. The quantitative estimate of drug-likeness (QED) is 0.0558. The van der Waals surface area contributed by atoms with Crippen LogP contribution in [0.3, 0.4) is 0 Å². The molecule has 0 aromatic rings. The van der Waals surface area contributed by atoms with E-state index < -0.39 is 28.0 Å². The minimum Gasteiger partial charge on any atom is -0.387 e. The smallest absolute Gasteiger partial charge is 0.267 e. The van der Waals surface area contributed by atoms with Gasteiger partial charge in [0.05, 0.1) is 17.9 Å². The average Bonchev–Trinajstić information content (AvgIpc) is 2.88. The lowest BCUT2D eigenvalue weighted by atomic mass is 10.1. The second kappa shape index (κ2) is 26.5. The molecule has 3 N–H and O–H groups in total. The van der Waals surface area contributed by atoms with Crippen LogP contribution in [0.15, 0.2) is 48.6 Å². The third kappa shape index (κ3) is 27.7. The Morgan fingerprint density at radius 3 is 1.77 bits per heavy atom. The Hall–Kier alpha value is -1.70. The third-order valence-electron chi connectivity index (χ3n) is 6.55. The molecule has 0 bridgehead atoms. The monoisotopic (exact) mass is 567 g/mol. The normalized spacial score (nSPS) is 14.3. The van der Waals surface area contributed by atoms with Gasteiger partial charge in [-0.15, -0.1) is 0 Å². The molecule has 2 atom stereocenters. The van der Waals surface area contributed by atoms with Gasteiger partial charge in [0.2, 0.25) is 5.91 Å². The molecule has 1 amide bonds. The molecule has 39 heavy (non-hydrogen) atoms. The first kappa shape index (κ1) is 37.3. The van der Waals surface area contributed by atoms with Crippen LogP contribution in [0.2, 0.25) is 0 Å². The first-order valence-electron chi connectivity index (χ1n) is 15.3. The molecule has 0 aromatic heterocycles. The topological polar surface area (TPSA) is 104 Å². The Labute approximate surface area is 239 Å².